The molecule has 0 aliphatic rings. The van der Waals surface area contributed by atoms with Crippen molar-refractivity contribution < 1.29 is 4.57 Å². The number of aromatic nitrogens is 2. The van der Waals surface area contributed by atoms with E-state index in [1.165, 1.54) is 22.0 Å². The van der Waals surface area contributed by atoms with E-state index in [0.29, 0.717) is 0 Å². The fraction of sp³-hybridized carbons (Fsp3) is 0.167. The number of nitrogens with zero attached hydrogens (tertiary/aromatic N) is 2. The number of pyridine rings is 1. The topological polar surface area (TPSA) is 8.81 Å². The van der Waals surface area contributed by atoms with Crippen molar-refractivity contribution in [3.8, 4) is 0 Å². The van der Waals surface area contributed by atoms with Crippen LogP contribution in [0.1, 0.15) is 18.1 Å². The average molecular weight is 298 g/mol. The number of hydrogen-bond acceptors (Lipinski definition) is 0. The fourth-order valence-electron chi connectivity index (χ4n) is 2.50. The van der Waals surface area contributed by atoms with Crippen LogP contribution in [-0.4, -0.2) is 4.57 Å². The summed E-state index contributed by atoms with van der Waals surface area (Å²) >= 11 is 6.14. The molecule has 21 heavy (non-hydrogen) atoms. The van der Waals surface area contributed by atoms with Crippen LogP contribution in [0, 0.1) is 0 Å². The lowest BCUT2D eigenvalue weighted by Gasteiger charge is -1.99. The molecule has 3 heteroatoms. The SMILES string of the molecule is CCn1cc(C=Cc2cc[n+](C)cc2)c2cc(Cl)ccc21. The summed E-state index contributed by atoms with van der Waals surface area (Å²) < 4.78 is 4.27. The van der Waals surface area contributed by atoms with Crippen LogP contribution >= 0.6 is 11.6 Å². The van der Waals surface area contributed by atoms with Gasteiger partial charge in [0.05, 0.1) is 0 Å². The first-order valence-electron chi connectivity index (χ1n) is 7.09. The molecule has 0 spiro atoms. The lowest BCUT2D eigenvalue weighted by Crippen LogP contribution is -2.25. The second-order valence-electron chi connectivity index (χ2n) is 5.16. The summed E-state index contributed by atoms with van der Waals surface area (Å²) in [5.74, 6) is 0. The molecule has 1 aromatic carbocycles. The predicted molar refractivity (Wildman–Crippen MR) is 89.2 cm³/mol. The van der Waals surface area contributed by atoms with E-state index in [4.69, 9.17) is 11.6 Å². The van der Waals surface area contributed by atoms with E-state index >= 15 is 0 Å². The molecule has 3 aromatic rings. The maximum Gasteiger partial charge on any atom is 0.169 e. The quantitative estimate of drug-likeness (QED) is 0.637. The van der Waals surface area contributed by atoms with E-state index in [1.54, 1.807) is 0 Å². The molecule has 0 fully saturated rings. The van der Waals surface area contributed by atoms with Gasteiger partial charge in [0, 0.05) is 46.4 Å². The van der Waals surface area contributed by atoms with Crippen LogP contribution in [0.5, 0.6) is 0 Å². The lowest BCUT2D eigenvalue weighted by atomic mass is 10.1. The minimum Gasteiger partial charge on any atom is -0.347 e. The summed E-state index contributed by atoms with van der Waals surface area (Å²) in [5, 5.41) is 1.97. The molecule has 0 saturated carbocycles. The van der Waals surface area contributed by atoms with E-state index in [1.807, 2.05) is 36.1 Å². The highest BCUT2D eigenvalue weighted by molar-refractivity contribution is 6.31. The monoisotopic (exact) mass is 297 g/mol. The Labute approximate surface area is 129 Å². The van der Waals surface area contributed by atoms with Crippen LogP contribution in [-0.2, 0) is 13.6 Å². The highest BCUT2D eigenvalue weighted by atomic mass is 35.5. The smallest absolute Gasteiger partial charge is 0.169 e. The Hall–Kier alpha value is -2.06. The zero-order valence-corrected chi connectivity index (χ0v) is 13.0. The normalized spacial score (nSPS) is 11.6. The molecule has 2 heterocycles. The predicted octanol–water partition coefficient (Wildman–Crippen LogP) is 4.31. The number of hydrogen-bond donors (Lipinski definition) is 0. The Kier molecular flexibility index (Phi) is 3.80. The second kappa shape index (κ2) is 5.74. The number of fused-ring (bicyclic) bond motifs is 1. The summed E-state index contributed by atoms with van der Waals surface area (Å²) in [4.78, 5) is 0. The number of rotatable bonds is 3. The Morgan fingerprint density at radius 1 is 1.14 bits per heavy atom. The molecular weight excluding hydrogens is 280 g/mol. The zero-order valence-electron chi connectivity index (χ0n) is 12.3. The Morgan fingerprint density at radius 3 is 2.62 bits per heavy atom. The summed E-state index contributed by atoms with van der Waals surface area (Å²) in [6, 6.07) is 10.3. The van der Waals surface area contributed by atoms with Gasteiger partial charge < -0.3 is 4.57 Å². The summed E-state index contributed by atoms with van der Waals surface area (Å²) in [6.07, 6.45) is 10.6. The van der Waals surface area contributed by atoms with Crippen molar-refractivity contribution in [1.29, 1.82) is 0 Å². The first-order valence-corrected chi connectivity index (χ1v) is 7.47. The minimum atomic E-state index is 0.776. The molecule has 0 aliphatic heterocycles. The molecule has 0 atom stereocenters. The van der Waals surface area contributed by atoms with Gasteiger partial charge >= 0.3 is 0 Å². The number of halogens is 1. The molecular formula is C18H18ClN2+. The zero-order chi connectivity index (χ0) is 14.8. The van der Waals surface area contributed by atoms with Crippen molar-refractivity contribution in [3.63, 3.8) is 0 Å². The van der Waals surface area contributed by atoms with Gasteiger partial charge in [-0.25, -0.2) is 4.57 Å². The third-order valence-corrected chi connectivity index (χ3v) is 3.91. The third-order valence-electron chi connectivity index (χ3n) is 3.67. The molecule has 0 unspecified atom stereocenters. The van der Waals surface area contributed by atoms with Gasteiger partial charge in [-0.15, -0.1) is 0 Å². The molecule has 2 nitrogen and oxygen atoms in total. The summed E-state index contributed by atoms with van der Waals surface area (Å²) in [6.45, 7) is 3.10. The van der Waals surface area contributed by atoms with Gasteiger partial charge in [0.25, 0.3) is 0 Å². The van der Waals surface area contributed by atoms with Crippen LogP contribution < -0.4 is 4.57 Å². The van der Waals surface area contributed by atoms with Crippen molar-refractivity contribution in [2.24, 2.45) is 7.05 Å². The van der Waals surface area contributed by atoms with E-state index in [0.717, 1.165) is 11.6 Å². The second-order valence-corrected chi connectivity index (χ2v) is 5.60. The van der Waals surface area contributed by atoms with E-state index in [9.17, 15) is 0 Å². The first kappa shape index (κ1) is 13.9. The third kappa shape index (κ3) is 2.86. The Bertz CT molecular complexity index is 798. The van der Waals surface area contributed by atoms with Crippen molar-refractivity contribution >= 4 is 34.7 Å². The van der Waals surface area contributed by atoms with Crippen molar-refractivity contribution in [2.75, 3.05) is 0 Å². The molecule has 0 saturated heterocycles. The Morgan fingerprint density at radius 2 is 1.90 bits per heavy atom. The molecule has 0 aliphatic carbocycles. The number of benzene rings is 1. The molecule has 0 N–H and O–H groups in total. The van der Waals surface area contributed by atoms with Crippen molar-refractivity contribution in [3.05, 3.63) is 65.1 Å². The Balaban J connectivity index is 2.03. The maximum absolute atomic E-state index is 6.14. The molecule has 106 valence electrons. The first-order chi connectivity index (χ1) is 10.2. The van der Waals surface area contributed by atoms with Crippen molar-refractivity contribution in [1.82, 2.24) is 4.57 Å². The molecule has 2 aromatic heterocycles. The number of aryl methyl sites for hydroxylation is 2. The summed E-state index contributed by atoms with van der Waals surface area (Å²) in [5.41, 5.74) is 3.61. The van der Waals surface area contributed by atoms with Crippen molar-refractivity contribution in [2.45, 2.75) is 13.5 Å². The van der Waals surface area contributed by atoms with Crippen LogP contribution in [0.3, 0.4) is 0 Å². The maximum atomic E-state index is 6.14. The molecule has 0 radical (unpaired) electrons. The van der Waals surface area contributed by atoms with Gasteiger partial charge in [-0.1, -0.05) is 23.8 Å². The average Bonchev–Trinajstić information content (AvgIpc) is 2.84. The van der Waals surface area contributed by atoms with Crippen LogP contribution in [0.4, 0.5) is 0 Å². The van der Waals surface area contributed by atoms with Gasteiger partial charge in [-0.3, -0.25) is 0 Å². The van der Waals surface area contributed by atoms with E-state index in [-0.39, 0.29) is 0 Å². The molecule has 0 amide bonds. The van der Waals surface area contributed by atoms with E-state index < -0.39 is 0 Å². The minimum absolute atomic E-state index is 0.776. The van der Waals surface area contributed by atoms with E-state index in [2.05, 4.69) is 48.0 Å². The standard InChI is InChI=1S/C18H18ClN2/c1-3-21-13-15(17-12-16(19)6-7-18(17)21)5-4-14-8-10-20(2)11-9-14/h4-13H,3H2,1-2H3/q+1. The van der Waals surface area contributed by atoms with Gasteiger partial charge in [-0.2, -0.15) is 0 Å². The van der Waals surface area contributed by atoms with Gasteiger partial charge in [0.15, 0.2) is 12.4 Å². The largest absolute Gasteiger partial charge is 0.347 e. The summed E-state index contributed by atoms with van der Waals surface area (Å²) in [7, 11) is 2.02. The highest BCUT2D eigenvalue weighted by Crippen LogP contribution is 2.26. The lowest BCUT2D eigenvalue weighted by molar-refractivity contribution is -0.671. The molecule has 3 rings (SSSR count). The van der Waals surface area contributed by atoms with Gasteiger partial charge in [-0.05, 0) is 30.7 Å². The van der Waals surface area contributed by atoms with Crippen LogP contribution in [0.15, 0.2) is 48.9 Å². The fourth-order valence-corrected chi connectivity index (χ4v) is 2.67. The highest BCUT2D eigenvalue weighted by Gasteiger charge is 2.06. The molecule has 0 bridgehead atoms. The van der Waals surface area contributed by atoms with Crippen LogP contribution in [0.25, 0.3) is 23.1 Å². The van der Waals surface area contributed by atoms with Gasteiger partial charge in [0.1, 0.15) is 7.05 Å². The van der Waals surface area contributed by atoms with Gasteiger partial charge in [0.2, 0.25) is 0 Å². The van der Waals surface area contributed by atoms with Crippen LogP contribution in [0.2, 0.25) is 5.02 Å².